The summed E-state index contributed by atoms with van der Waals surface area (Å²) in [4.78, 5) is 23.4. The van der Waals surface area contributed by atoms with Gasteiger partial charge in [-0.25, -0.2) is 4.79 Å². The molecule has 6 heteroatoms. The lowest BCUT2D eigenvalue weighted by Gasteiger charge is -2.00. The molecule has 0 aliphatic heterocycles. The van der Waals surface area contributed by atoms with Crippen molar-refractivity contribution in [2.75, 3.05) is 6.61 Å². The molecule has 0 fully saturated rings. The predicted octanol–water partition coefficient (Wildman–Crippen LogP) is 3.71. The fraction of sp³-hybridized carbons (Fsp3) is 0.312. The van der Waals surface area contributed by atoms with Gasteiger partial charge in [0.05, 0.1) is 6.61 Å². The van der Waals surface area contributed by atoms with Crippen LogP contribution in [0.15, 0.2) is 34.9 Å². The number of rotatable bonds is 7. The number of esters is 1. The highest BCUT2D eigenvalue weighted by molar-refractivity contribution is 6.30. The minimum atomic E-state index is -0.505. The number of carbonyl (C=O) groups is 2. The van der Waals surface area contributed by atoms with Crippen LogP contribution >= 0.6 is 11.6 Å². The molecule has 0 radical (unpaired) electrons. The van der Waals surface area contributed by atoms with E-state index in [4.69, 9.17) is 20.9 Å². The minimum absolute atomic E-state index is 0.0433. The lowest BCUT2D eigenvalue weighted by atomic mass is 10.1. The number of Topliss-reactive ketones (excluding diaryl/α,β-unsaturated/α-hetero) is 1. The minimum Gasteiger partial charge on any atom is -0.461 e. The quantitative estimate of drug-likeness (QED) is 0.574. The Balaban J connectivity index is 1.82. The third kappa shape index (κ3) is 4.43. The molecule has 0 unspecified atom stereocenters. The summed E-state index contributed by atoms with van der Waals surface area (Å²) in [7, 11) is 0. The summed E-state index contributed by atoms with van der Waals surface area (Å²) in [5, 5.41) is 4.25. The van der Waals surface area contributed by atoms with E-state index < -0.39 is 5.97 Å². The summed E-state index contributed by atoms with van der Waals surface area (Å²) in [6, 6.07) is 8.34. The lowest BCUT2D eigenvalue weighted by Crippen LogP contribution is -2.04. The van der Waals surface area contributed by atoms with Crippen LogP contribution in [-0.4, -0.2) is 23.5 Å². The van der Waals surface area contributed by atoms with Gasteiger partial charge in [-0.3, -0.25) is 4.79 Å². The Morgan fingerprint density at radius 2 is 2.00 bits per heavy atom. The van der Waals surface area contributed by atoms with Crippen LogP contribution in [0.4, 0.5) is 0 Å². The zero-order valence-electron chi connectivity index (χ0n) is 12.2. The van der Waals surface area contributed by atoms with Crippen molar-refractivity contribution in [2.24, 2.45) is 0 Å². The molecule has 116 valence electrons. The van der Waals surface area contributed by atoms with E-state index in [1.807, 2.05) is 0 Å². The Labute approximate surface area is 133 Å². The molecule has 0 bridgehead atoms. The van der Waals surface area contributed by atoms with E-state index in [1.54, 1.807) is 37.3 Å². The van der Waals surface area contributed by atoms with Crippen molar-refractivity contribution in [3.63, 3.8) is 0 Å². The summed E-state index contributed by atoms with van der Waals surface area (Å²) in [6.45, 7) is 2.01. The van der Waals surface area contributed by atoms with E-state index in [0.29, 0.717) is 35.6 Å². The van der Waals surface area contributed by atoms with Gasteiger partial charge in [-0.2, -0.15) is 0 Å². The van der Waals surface area contributed by atoms with Crippen LogP contribution in [0, 0.1) is 0 Å². The zero-order chi connectivity index (χ0) is 15.9. The van der Waals surface area contributed by atoms with E-state index in [1.165, 1.54) is 0 Å². The fourth-order valence-corrected chi connectivity index (χ4v) is 2.06. The van der Waals surface area contributed by atoms with Crippen molar-refractivity contribution in [3.8, 4) is 0 Å². The van der Waals surface area contributed by atoms with Gasteiger partial charge in [0, 0.05) is 29.5 Å². The third-order valence-electron chi connectivity index (χ3n) is 3.04. The number of benzene rings is 1. The Morgan fingerprint density at radius 1 is 1.27 bits per heavy atom. The van der Waals surface area contributed by atoms with Crippen LogP contribution in [0.2, 0.25) is 5.02 Å². The van der Waals surface area contributed by atoms with Crippen LogP contribution in [0.25, 0.3) is 0 Å². The third-order valence-corrected chi connectivity index (χ3v) is 3.29. The largest absolute Gasteiger partial charge is 0.461 e. The van der Waals surface area contributed by atoms with E-state index >= 15 is 0 Å². The highest BCUT2D eigenvalue weighted by atomic mass is 35.5. The molecule has 1 aromatic heterocycles. The second-order valence-electron chi connectivity index (χ2n) is 4.68. The number of hydrogen-bond acceptors (Lipinski definition) is 5. The van der Waals surface area contributed by atoms with Crippen molar-refractivity contribution < 1.29 is 18.8 Å². The van der Waals surface area contributed by atoms with Crippen LogP contribution in [0.1, 0.15) is 46.4 Å². The van der Waals surface area contributed by atoms with E-state index in [0.717, 1.165) is 0 Å². The average Bonchev–Trinajstić information content (AvgIpc) is 2.97. The van der Waals surface area contributed by atoms with Crippen LogP contribution in [-0.2, 0) is 11.2 Å². The summed E-state index contributed by atoms with van der Waals surface area (Å²) in [5.74, 6) is 0.100. The first-order valence-electron chi connectivity index (χ1n) is 7.01. The number of nitrogens with zero attached hydrogens (tertiary/aromatic N) is 1. The van der Waals surface area contributed by atoms with Gasteiger partial charge in [-0.15, -0.1) is 0 Å². The van der Waals surface area contributed by atoms with Crippen LogP contribution < -0.4 is 0 Å². The van der Waals surface area contributed by atoms with E-state index in [2.05, 4.69) is 5.16 Å². The van der Waals surface area contributed by atoms with Gasteiger partial charge < -0.3 is 9.26 Å². The molecule has 1 aromatic carbocycles. The molecule has 0 saturated heterocycles. The van der Waals surface area contributed by atoms with Crippen molar-refractivity contribution in [1.82, 2.24) is 5.16 Å². The molecule has 0 amide bonds. The number of aryl methyl sites for hydroxylation is 1. The standard InChI is InChI=1S/C16H16ClNO4/c1-2-21-16(20)14-10-13(22-18-14)4-3-5-15(19)11-6-8-12(17)9-7-11/h6-10H,2-5H2,1H3. The first-order chi connectivity index (χ1) is 10.6. The topological polar surface area (TPSA) is 69.4 Å². The molecule has 0 aliphatic rings. The summed E-state index contributed by atoms with van der Waals surface area (Å²) in [6.07, 6.45) is 1.53. The van der Waals surface area contributed by atoms with Gasteiger partial charge in [-0.1, -0.05) is 16.8 Å². The SMILES string of the molecule is CCOC(=O)c1cc(CCCC(=O)c2ccc(Cl)cc2)on1. The Kier molecular flexibility index (Phi) is 5.72. The first-order valence-corrected chi connectivity index (χ1v) is 7.39. The number of aromatic nitrogens is 1. The van der Waals surface area contributed by atoms with Crippen molar-refractivity contribution in [1.29, 1.82) is 0 Å². The van der Waals surface area contributed by atoms with Gasteiger partial charge in [-0.05, 0) is 37.6 Å². The molecule has 5 nitrogen and oxygen atoms in total. The van der Waals surface area contributed by atoms with Crippen LogP contribution in [0.3, 0.4) is 0 Å². The molecule has 2 rings (SSSR count). The zero-order valence-corrected chi connectivity index (χ0v) is 12.9. The van der Waals surface area contributed by atoms with Crippen molar-refractivity contribution >= 4 is 23.4 Å². The number of ketones is 1. The molecule has 2 aromatic rings. The lowest BCUT2D eigenvalue weighted by molar-refractivity contribution is 0.0514. The van der Waals surface area contributed by atoms with E-state index in [9.17, 15) is 9.59 Å². The van der Waals surface area contributed by atoms with Gasteiger partial charge in [0.25, 0.3) is 0 Å². The average molecular weight is 322 g/mol. The number of halogens is 1. The maximum Gasteiger partial charge on any atom is 0.360 e. The molecule has 0 spiro atoms. The van der Waals surface area contributed by atoms with Gasteiger partial charge in [0.2, 0.25) is 0 Å². The molecular weight excluding hydrogens is 306 g/mol. The highest BCUT2D eigenvalue weighted by Gasteiger charge is 2.13. The molecule has 22 heavy (non-hydrogen) atoms. The van der Waals surface area contributed by atoms with Gasteiger partial charge in [0.15, 0.2) is 11.5 Å². The monoisotopic (exact) mass is 321 g/mol. The molecule has 0 saturated carbocycles. The van der Waals surface area contributed by atoms with Crippen molar-refractivity contribution in [2.45, 2.75) is 26.2 Å². The number of ether oxygens (including phenoxy) is 1. The molecule has 0 atom stereocenters. The van der Waals surface area contributed by atoms with Crippen LogP contribution in [0.5, 0.6) is 0 Å². The fourth-order valence-electron chi connectivity index (χ4n) is 1.94. The maximum absolute atomic E-state index is 12.0. The Bertz CT molecular complexity index is 648. The molecular formula is C16H16ClNO4. The second kappa shape index (κ2) is 7.75. The first kappa shape index (κ1) is 16.2. The van der Waals surface area contributed by atoms with Gasteiger partial charge >= 0.3 is 5.97 Å². The molecule has 0 N–H and O–H groups in total. The van der Waals surface area contributed by atoms with E-state index in [-0.39, 0.29) is 18.1 Å². The summed E-state index contributed by atoms with van der Waals surface area (Å²) < 4.78 is 9.88. The summed E-state index contributed by atoms with van der Waals surface area (Å²) >= 11 is 5.78. The predicted molar refractivity (Wildman–Crippen MR) is 81.2 cm³/mol. The van der Waals surface area contributed by atoms with Gasteiger partial charge in [0.1, 0.15) is 5.76 Å². The number of carbonyl (C=O) groups excluding carboxylic acids is 2. The molecule has 1 heterocycles. The molecule has 0 aliphatic carbocycles. The highest BCUT2D eigenvalue weighted by Crippen LogP contribution is 2.14. The normalized spacial score (nSPS) is 10.5. The Morgan fingerprint density at radius 3 is 2.68 bits per heavy atom. The summed E-state index contributed by atoms with van der Waals surface area (Å²) in [5.41, 5.74) is 0.787. The maximum atomic E-state index is 12.0. The number of hydrogen-bond donors (Lipinski definition) is 0. The van der Waals surface area contributed by atoms with Crippen molar-refractivity contribution in [3.05, 3.63) is 52.4 Å². The smallest absolute Gasteiger partial charge is 0.360 e. The second-order valence-corrected chi connectivity index (χ2v) is 5.12. The Hall–Kier alpha value is -2.14.